The number of carbonyl (C=O) groups is 2. The highest BCUT2D eigenvalue weighted by Crippen LogP contribution is 2.26. The normalized spacial score (nSPS) is 12.2. The molecule has 4 nitrogen and oxygen atoms in total. The number of halogens is 3. The van der Waals surface area contributed by atoms with Gasteiger partial charge in [-0.1, -0.05) is 0 Å². The molecule has 0 aromatic heterocycles. The minimum Gasteiger partial charge on any atom is -0.481 e. The molecule has 1 unspecified atom stereocenters. The number of rotatable bonds is 3. The fourth-order valence-electron chi connectivity index (χ4n) is 1.26. The maximum atomic E-state index is 13.3. The van der Waals surface area contributed by atoms with Crippen molar-refractivity contribution in [1.82, 2.24) is 0 Å². The lowest BCUT2D eigenvalue weighted by Gasteiger charge is -2.10. The van der Waals surface area contributed by atoms with Crippen LogP contribution in [0.4, 0.5) is 13.2 Å². The molecule has 92 valence electrons. The summed E-state index contributed by atoms with van der Waals surface area (Å²) in [7, 11) is 0. The van der Waals surface area contributed by atoms with Crippen LogP contribution in [-0.4, -0.2) is 22.2 Å². The van der Waals surface area contributed by atoms with Gasteiger partial charge in [-0.15, -0.1) is 0 Å². The lowest BCUT2D eigenvalue weighted by atomic mass is 9.98. The first-order valence-electron chi connectivity index (χ1n) is 4.40. The second kappa shape index (κ2) is 4.44. The summed E-state index contributed by atoms with van der Waals surface area (Å²) >= 11 is 0. The van der Waals surface area contributed by atoms with Crippen LogP contribution in [0.5, 0.6) is 0 Å². The fraction of sp³-hybridized carbons (Fsp3) is 0.200. The second-order valence-electron chi connectivity index (χ2n) is 3.32. The predicted molar refractivity (Wildman–Crippen MR) is 49.3 cm³/mol. The Balaban J connectivity index is 3.49. The predicted octanol–water partition coefficient (Wildman–Crippen LogP) is 1.99. The largest absolute Gasteiger partial charge is 0.481 e. The van der Waals surface area contributed by atoms with E-state index in [2.05, 4.69) is 0 Å². The molecule has 0 radical (unpaired) electrons. The molecule has 7 heteroatoms. The van der Waals surface area contributed by atoms with Crippen molar-refractivity contribution in [2.45, 2.75) is 12.8 Å². The van der Waals surface area contributed by atoms with E-state index in [4.69, 9.17) is 10.2 Å². The molecule has 2 N–H and O–H groups in total. The Labute approximate surface area is 93.3 Å². The molecule has 0 spiro atoms. The maximum absolute atomic E-state index is 13.3. The van der Waals surface area contributed by atoms with E-state index in [0.717, 1.165) is 6.92 Å². The standard InChI is InChI=1S/C10H7F3O4/c1-3(9(14)15)4-2-5(11)6(10(16)17)8(13)7(4)12/h2-3H,1H3,(H,14,15)(H,16,17). The third kappa shape index (κ3) is 2.22. The van der Waals surface area contributed by atoms with Gasteiger partial charge in [-0.25, -0.2) is 18.0 Å². The van der Waals surface area contributed by atoms with Gasteiger partial charge in [0.2, 0.25) is 0 Å². The van der Waals surface area contributed by atoms with E-state index in [0.29, 0.717) is 6.07 Å². The minimum absolute atomic E-state index is 0.376. The van der Waals surface area contributed by atoms with Gasteiger partial charge in [-0.3, -0.25) is 4.79 Å². The van der Waals surface area contributed by atoms with Crippen LogP contribution in [0.1, 0.15) is 28.8 Å². The van der Waals surface area contributed by atoms with Gasteiger partial charge >= 0.3 is 11.9 Å². The maximum Gasteiger partial charge on any atom is 0.341 e. The summed E-state index contributed by atoms with van der Waals surface area (Å²) in [6.45, 7) is 1.03. The van der Waals surface area contributed by atoms with Crippen LogP contribution in [0.15, 0.2) is 6.07 Å². The Morgan fingerprint density at radius 2 is 1.71 bits per heavy atom. The Hall–Kier alpha value is -2.05. The quantitative estimate of drug-likeness (QED) is 0.802. The van der Waals surface area contributed by atoms with E-state index in [1.165, 1.54) is 0 Å². The van der Waals surface area contributed by atoms with Crippen LogP contribution in [0.3, 0.4) is 0 Å². The van der Waals surface area contributed by atoms with Gasteiger partial charge in [0.15, 0.2) is 11.6 Å². The highest BCUT2D eigenvalue weighted by Gasteiger charge is 2.27. The third-order valence-electron chi connectivity index (χ3n) is 2.24. The molecule has 0 fully saturated rings. The molecule has 1 aromatic rings. The van der Waals surface area contributed by atoms with Crippen LogP contribution in [-0.2, 0) is 4.79 Å². The van der Waals surface area contributed by atoms with Crippen molar-refractivity contribution in [1.29, 1.82) is 0 Å². The zero-order chi connectivity index (χ0) is 13.3. The Bertz CT molecular complexity index is 499. The Kier molecular flexibility index (Phi) is 3.40. The summed E-state index contributed by atoms with van der Waals surface area (Å²) in [5, 5.41) is 17.0. The van der Waals surface area contributed by atoms with Gasteiger partial charge in [0.1, 0.15) is 11.4 Å². The third-order valence-corrected chi connectivity index (χ3v) is 2.24. The zero-order valence-corrected chi connectivity index (χ0v) is 8.50. The van der Waals surface area contributed by atoms with E-state index in [9.17, 15) is 22.8 Å². The van der Waals surface area contributed by atoms with Crippen LogP contribution in [0.2, 0.25) is 0 Å². The lowest BCUT2D eigenvalue weighted by molar-refractivity contribution is -0.138. The van der Waals surface area contributed by atoms with Crippen molar-refractivity contribution < 1.29 is 33.0 Å². The molecule has 0 aliphatic carbocycles. The summed E-state index contributed by atoms with van der Waals surface area (Å²) in [6.07, 6.45) is 0. The number of aromatic carboxylic acids is 1. The summed E-state index contributed by atoms with van der Waals surface area (Å²) in [4.78, 5) is 21.0. The summed E-state index contributed by atoms with van der Waals surface area (Å²) in [6, 6.07) is 0.376. The topological polar surface area (TPSA) is 74.6 Å². The molecule has 0 heterocycles. The Morgan fingerprint density at radius 1 is 1.18 bits per heavy atom. The molecule has 17 heavy (non-hydrogen) atoms. The minimum atomic E-state index is -1.96. The molecule has 0 amide bonds. The first-order valence-corrected chi connectivity index (χ1v) is 4.40. The van der Waals surface area contributed by atoms with E-state index < -0.39 is 46.4 Å². The van der Waals surface area contributed by atoms with Gasteiger partial charge in [0, 0.05) is 5.56 Å². The molecule has 0 bridgehead atoms. The average molecular weight is 248 g/mol. The molecule has 0 saturated heterocycles. The van der Waals surface area contributed by atoms with E-state index in [1.54, 1.807) is 0 Å². The van der Waals surface area contributed by atoms with Crippen molar-refractivity contribution in [3.63, 3.8) is 0 Å². The number of carboxylic acids is 2. The van der Waals surface area contributed by atoms with Crippen LogP contribution in [0, 0.1) is 17.5 Å². The average Bonchev–Trinajstić information content (AvgIpc) is 2.21. The van der Waals surface area contributed by atoms with Crippen LogP contribution < -0.4 is 0 Å². The number of hydrogen-bond donors (Lipinski definition) is 2. The van der Waals surface area contributed by atoms with E-state index in [1.807, 2.05) is 0 Å². The summed E-state index contributed by atoms with van der Waals surface area (Å²) in [5.41, 5.74) is -2.18. The summed E-state index contributed by atoms with van der Waals surface area (Å²) < 4.78 is 39.7. The molecule has 0 aliphatic heterocycles. The van der Waals surface area contributed by atoms with Crippen molar-refractivity contribution in [2.75, 3.05) is 0 Å². The molecular formula is C10H7F3O4. The van der Waals surface area contributed by atoms with Crippen LogP contribution >= 0.6 is 0 Å². The molecule has 1 rings (SSSR count). The number of aliphatic carboxylic acids is 1. The summed E-state index contributed by atoms with van der Waals surface area (Å²) in [5.74, 6) is -10.0. The highest BCUT2D eigenvalue weighted by atomic mass is 19.2. The zero-order valence-electron chi connectivity index (χ0n) is 8.50. The van der Waals surface area contributed by atoms with Gasteiger partial charge in [0.05, 0.1) is 5.92 Å². The molecule has 1 aromatic carbocycles. The van der Waals surface area contributed by atoms with Crippen molar-refractivity contribution in [3.8, 4) is 0 Å². The lowest BCUT2D eigenvalue weighted by Crippen LogP contribution is -2.14. The van der Waals surface area contributed by atoms with Gasteiger partial charge < -0.3 is 10.2 Å². The monoisotopic (exact) mass is 248 g/mol. The second-order valence-corrected chi connectivity index (χ2v) is 3.32. The van der Waals surface area contributed by atoms with Crippen LogP contribution in [0.25, 0.3) is 0 Å². The van der Waals surface area contributed by atoms with Crippen molar-refractivity contribution in [3.05, 3.63) is 34.6 Å². The SMILES string of the molecule is CC(C(=O)O)c1cc(F)c(C(=O)O)c(F)c1F. The smallest absolute Gasteiger partial charge is 0.341 e. The molecule has 0 aliphatic rings. The fourth-order valence-corrected chi connectivity index (χ4v) is 1.26. The first kappa shape index (κ1) is 13.0. The molecular weight excluding hydrogens is 241 g/mol. The van der Waals surface area contributed by atoms with Gasteiger partial charge in [-0.05, 0) is 13.0 Å². The first-order chi connectivity index (χ1) is 7.77. The number of benzene rings is 1. The Morgan fingerprint density at radius 3 is 2.12 bits per heavy atom. The van der Waals surface area contributed by atoms with Crippen molar-refractivity contribution >= 4 is 11.9 Å². The number of hydrogen-bond acceptors (Lipinski definition) is 2. The van der Waals surface area contributed by atoms with E-state index >= 15 is 0 Å². The highest BCUT2D eigenvalue weighted by molar-refractivity contribution is 5.88. The van der Waals surface area contributed by atoms with E-state index in [-0.39, 0.29) is 0 Å². The van der Waals surface area contributed by atoms with Crippen molar-refractivity contribution in [2.24, 2.45) is 0 Å². The number of carboxylic acid groups (broad SMARTS) is 2. The van der Waals surface area contributed by atoms with Gasteiger partial charge in [-0.2, -0.15) is 0 Å². The molecule has 0 saturated carbocycles. The molecule has 1 atom stereocenters. The van der Waals surface area contributed by atoms with Gasteiger partial charge in [0.25, 0.3) is 0 Å².